The largest absolute Gasteiger partial charge is 0.347 e. The lowest BCUT2D eigenvalue weighted by Crippen LogP contribution is -1.98. The second kappa shape index (κ2) is 4.50. The van der Waals surface area contributed by atoms with Gasteiger partial charge in [0.2, 0.25) is 0 Å². The van der Waals surface area contributed by atoms with E-state index in [9.17, 15) is 0 Å². The zero-order valence-electron chi connectivity index (χ0n) is 10.2. The Balaban J connectivity index is 2.74. The second-order valence-electron chi connectivity index (χ2n) is 4.25. The summed E-state index contributed by atoms with van der Waals surface area (Å²) >= 11 is 6.08. The van der Waals surface area contributed by atoms with Crippen molar-refractivity contribution in [2.75, 3.05) is 0 Å². The molecule has 0 radical (unpaired) electrons. The van der Waals surface area contributed by atoms with Gasteiger partial charge in [0, 0.05) is 28.7 Å². The van der Waals surface area contributed by atoms with Crippen LogP contribution in [0.3, 0.4) is 0 Å². The number of aryl methyl sites for hydroxylation is 2. The van der Waals surface area contributed by atoms with Crippen molar-refractivity contribution in [3.05, 3.63) is 34.5 Å². The molecule has 1 heterocycles. The van der Waals surface area contributed by atoms with Crippen molar-refractivity contribution in [3.8, 4) is 0 Å². The Kier molecular flexibility index (Phi) is 3.25. The van der Waals surface area contributed by atoms with Gasteiger partial charge in [0.25, 0.3) is 0 Å². The van der Waals surface area contributed by atoms with Crippen LogP contribution < -0.4 is 0 Å². The molecule has 0 atom stereocenters. The molecule has 0 spiro atoms. The lowest BCUT2D eigenvalue weighted by atomic mass is 10.1. The zero-order chi connectivity index (χ0) is 11.7. The van der Waals surface area contributed by atoms with Crippen LogP contribution in [-0.2, 0) is 19.9 Å². The highest BCUT2D eigenvalue weighted by atomic mass is 35.5. The van der Waals surface area contributed by atoms with Gasteiger partial charge >= 0.3 is 0 Å². The Bertz CT molecular complexity index is 511. The summed E-state index contributed by atoms with van der Waals surface area (Å²) in [7, 11) is 2.15. The van der Waals surface area contributed by atoms with Crippen LogP contribution in [0.2, 0.25) is 5.02 Å². The molecule has 0 N–H and O–H groups in total. The monoisotopic (exact) mass is 235 g/mol. The van der Waals surface area contributed by atoms with Crippen LogP contribution in [-0.4, -0.2) is 4.57 Å². The molecule has 0 saturated heterocycles. The molecule has 0 unspecified atom stereocenters. The molecule has 2 aromatic rings. The molecular weight excluding hydrogens is 218 g/mol. The van der Waals surface area contributed by atoms with Crippen molar-refractivity contribution in [3.63, 3.8) is 0 Å². The van der Waals surface area contributed by atoms with Crippen LogP contribution in [0.1, 0.15) is 31.5 Å². The molecule has 1 aromatic carbocycles. The van der Waals surface area contributed by atoms with Gasteiger partial charge in [-0.1, -0.05) is 31.9 Å². The summed E-state index contributed by atoms with van der Waals surface area (Å²) in [4.78, 5) is 0. The number of aromatic nitrogens is 1. The predicted octanol–water partition coefficient (Wildman–Crippen LogP) is 4.35. The molecule has 0 saturated carbocycles. The van der Waals surface area contributed by atoms with Gasteiger partial charge < -0.3 is 4.57 Å². The van der Waals surface area contributed by atoms with E-state index in [2.05, 4.69) is 37.6 Å². The van der Waals surface area contributed by atoms with E-state index in [0.717, 1.165) is 17.9 Å². The van der Waals surface area contributed by atoms with Crippen molar-refractivity contribution in [1.82, 2.24) is 4.57 Å². The van der Waals surface area contributed by atoms with E-state index >= 15 is 0 Å². The molecule has 86 valence electrons. The molecule has 16 heavy (non-hydrogen) atoms. The zero-order valence-corrected chi connectivity index (χ0v) is 10.9. The molecule has 2 heteroatoms. The summed E-state index contributed by atoms with van der Waals surface area (Å²) in [6, 6.07) is 6.18. The Morgan fingerprint density at radius 2 is 2.00 bits per heavy atom. The lowest BCUT2D eigenvalue weighted by Gasteiger charge is -2.04. The third kappa shape index (κ3) is 1.73. The molecule has 0 bridgehead atoms. The van der Waals surface area contributed by atoms with Gasteiger partial charge in [0.1, 0.15) is 0 Å². The minimum Gasteiger partial charge on any atom is -0.347 e. The van der Waals surface area contributed by atoms with Gasteiger partial charge in [-0.3, -0.25) is 0 Å². The maximum Gasteiger partial charge on any atom is 0.0483 e. The summed E-state index contributed by atoms with van der Waals surface area (Å²) in [5.74, 6) is 0. The number of fused-ring (bicyclic) bond motifs is 1. The molecule has 2 rings (SSSR count). The maximum absolute atomic E-state index is 6.08. The van der Waals surface area contributed by atoms with Gasteiger partial charge in [-0.25, -0.2) is 0 Å². The van der Waals surface area contributed by atoms with Gasteiger partial charge in [-0.15, -0.1) is 0 Å². The highest BCUT2D eigenvalue weighted by Gasteiger charge is 2.12. The topological polar surface area (TPSA) is 4.93 Å². The number of hydrogen-bond acceptors (Lipinski definition) is 0. The average Bonchev–Trinajstić information content (AvgIpc) is 2.52. The van der Waals surface area contributed by atoms with E-state index in [1.807, 2.05) is 6.07 Å². The lowest BCUT2D eigenvalue weighted by molar-refractivity contribution is 0.790. The smallest absolute Gasteiger partial charge is 0.0483 e. The Morgan fingerprint density at radius 1 is 1.25 bits per heavy atom. The van der Waals surface area contributed by atoms with Gasteiger partial charge in [-0.2, -0.15) is 0 Å². The molecule has 0 aliphatic carbocycles. The minimum atomic E-state index is 0.829. The minimum absolute atomic E-state index is 0.829. The van der Waals surface area contributed by atoms with E-state index < -0.39 is 0 Å². The van der Waals surface area contributed by atoms with Gasteiger partial charge in [0.15, 0.2) is 0 Å². The summed E-state index contributed by atoms with van der Waals surface area (Å²) in [6.07, 6.45) is 3.41. The summed E-state index contributed by atoms with van der Waals surface area (Å²) in [5.41, 5.74) is 4.22. The third-order valence-corrected chi connectivity index (χ3v) is 3.47. The number of benzene rings is 1. The SMILES string of the molecule is CCCc1c(CC)c2cc(Cl)ccc2n1C. The van der Waals surface area contributed by atoms with Crippen molar-refractivity contribution in [1.29, 1.82) is 0 Å². The second-order valence-corrected chi connectivity index (χ2v) is 4.69. The quantitative estimate of drug-likeness (QED) is 0.746. The molecule has 1 nitrogen and oxygen atoms in total. The molecule has 0 aliphatic heterocycles. The highest BCUT2D eigenvalue weighted by Crippen LogP contribution is 2.29. The van der Waals surface area contributed by atoms with Gasteiger partial charge in [-0.05, 0) is 36.6 Å². The Labute approximate surface area is 102 Å². The van der Waals surface area contributed by atoms with E-state index in [0.29, 0.717) is 0 Å². The van der Waals surface area contributed by atoms with E-state index in [1.165, 1.54) is 28.6 Å². The predicted molar refractivity (Wildman–Crippen MR) is 71.3 cm³/mol. The molecule has 0 amide bonds. The molecular formula is C14H18ClN. The van der Waals surface area contributed by atoms with Crippen molar-refractivity contribution < 1.29 is 0 Å². The fourth-order valence-electron chi connectivity index (χ4n) is 2.50. The highest BCUT2D eigenvalue weighted by molar-refractivity contribution is 6.31. The average molecular weight is 236 g/mol. The molecule has 1 aromatic heterocycles. The standard InChI is InChI=1S/C14H18ClN/c1-4-6-13-11(5-2)12-9-10(15)7-8-14(12)16(13)3/h7-9H,4-6H2,1-3H3. The van der Waals surface area contributed by atoms with Crippen molar-refractivity contribution in [2.45, 2.75) is 33.1 Å². The van der Waals surface area contributed by atoms with E-state index in [1.54, 1.807) is 0 Å². The number of nitrogens with zero attached hydrogens (tertiary/aromatic N) is 1. The van der Waals surface area contributed by atoms with Gasteiger partial charge in [0.05, 0.1) is 0 Å². The summed E-state index contributed by atoms with van der Waals surface area (Å²) in [5, 5.41) is 2.15. The number of rotatable bonds is 3. The van der Waals surface area contributed by atoms with Crippen molar-refractivity contribution >= 4 is 22.5 Å². The van der Waals surface area contributed by atoms with E-state index in [-0.39, 0.29) is 0 Å². The van der Waals surface area contributed by atoms with Crippen molar-refractivity contribution in [2.24, 2.45) is 7.05 Å². The maximum atomic E-state index is 6.08. The van der Waals surface area contributed by atoms with Crippen LogP contribution in [0.25, 0.3) is 10.9 Å². The Hall–Kier alpha value is -0.950. The first-order chi connectivity index (χ1) is 7.69. The normalized spacial score (nSPS) is 11.2. The fraction of sp³-hybridized carbons (Fsp3) is 0.429. The van der Waals surface area contributed by atoms with Crippen LogP contribution in [0.4, 0.5) is 0 Å². The fourth-order valence-corrected chi connectivity index (χ4v) is 2.67. The molecule has 0 fully saturated rings. The van der Waals surface area contributed by atoms with Crippen LogP contribution in [0.15, 0.2) is 18.2 Å². The van der Waals surface area contributed by atoms with Crippen LogP contribution in [0, 0.1) is 0 Å². The van der Waals surface area contributed by atoms with Crippen LogP contribution >= 0.6 is 11.6 Å². The first kappa shape index (κ1) is 11.5. The first-order valence-electron chi connectivity index (χ1n) is 5.94. The summed E-state index contributed by atoms with van der Waals surface area (Å²) < 4.78 is 2.31. The van der Waals surface area contributed by atoms with E-state index in [4.69, 9.17) is 11.6 Å². The third-order valence-electron chi connectivity index (χ3n) is 3.24. The Morgan fingerprint density at radius 3 is 2.62 bits per heavy atom. The number of halogens is 1. The molecule has 0 aliphatic rings. The summed E-state index contributed by atoms with van der Waals surface area (Å²) in [6.45, 7) is 4.44. The van der Waals surface area contributed by atoms with Crippen LogP contribution in [0.5, 0.6) is 0 Å². The number of hydrogen-bond donors (Lipinski definition) is 0. The first-order valence-corrected chi connectivity index (χ1v) is 6.32.